The number of nitrogens with zero attached hydrogens (tertiary/aromatic N) is 2. The highest BCUT2D eigenvalue weighted by molar-refractivity contribution is 5.17. The first-order valence-electron chi connectivity index (χ1n) is 4.04. The van der Waals surface area contributed by atoms with Crippen LogP contribution in [0.2, 0.25) is 0 Å². The maximum atomic E-state index is 5.46. The maximum absolute atomic E-state index is 5.46. The number of hydrogen-bond donors (Lipinski definition) is 1. The predicted molar refractivity (Wildman–Crippen MR) is 50.4 cm³/mol. The van der Waals surface area contributed by atoms with Crippen molar-refractivity contribution in [3.05, 3.63) is 30.1 Å². The Hall–Kier alpha value is -1.42. The van der Waals surface area contributed by atoms with Crippen LogP contribution in [0.25, 0.3) is 0 Å². The van der Waals surface area contributed by atoms with E-state index >= 15 is 0 Å². The summed E-state index contributed by atoms with van der Waals surface area (Å²) in [5, 5.41) is 0. The first-order valence-corrected chi connectivity index (χ1v) is 4.04. The first-order chi connectivity index (χ1) is 6.27. The second-order valence-corrected chi connectivity index (χ2v) is 2.57. The average molecular weight is 179 g/mol. The molecule has 0 aromatic carbocycles. The van der Waals surface area contributed by atoms with Gasteiger partial charge in [0.2, 0.25) is 0 Å². The Labute approximate surface area is 77.5 Å². The van der Waals surface area contributed by atoms with Gasteiger partial charge >= 0.3 is 6.01 Å². The summed E-state index contributed by atoms with van der Waals surface area (Å²) in [7, 11) is 0. The maximum Gasteiger partial charge on any atom is 0.316 e. The van der Waals surface area contributed by atoms with Crippen molar-refractivity contribution >= 4 is 0 Å². The predicted octanol–water partition coefficient (Wildman–Crippen LogP) is 0.809. The minimum atomic E-state index is 0.370. The van der Waals surface area contributed by atoms with E-state index in [9.17, 15) is 0 Å². The molecule has 0 aliphatic heterocycles. The van der Waals surface area contributed by atoms with Gasteiger partial charge in [0.15, 0.2) is 0 Å². The van der Waals surface area contributed by atoms with Crippen LogP contribution in [0.4, 0.5) is 0 Å². The Morgan fingerprint density at radius 3 is 3.00 bits per heavy atom. The number of nitrogens with two attached hydrogens (primary N) is 1. The van der Waals surface area contributed by atoms with E-state index in [2.05, 4.69) is 16.5 Å². The van der Waals surface area contributed by atoms with E-state index in [4.69, 9.17) is 10.5 Å². The summed E-state index contributed by atoms with van der Waals surface area (Å²) < 4.78 is 5.15. The molecular formula is C9H13N3O. The second-order valence-electron chi connectivity index (χ2n) is 2.57. The number of ether oxygens (including phenoxy) is 1. The zero-order valence-corrected chi connectivity index (χ0v) is 7.66. The Kier molecular flexibility index (Phi) is 3.40. The van der Waals surface area contributed by atoms with E-state index in [0.717, 1.165) is 11.3 Å². The molecule has 4 heteroatoms. The van der Waals surface area contributed by atoms with Crippen LogP contribution < -0.4 is 10.5 Å². The molecule has 0 saturated heterocycles. The lowest BCUT2D eigenvalue weighted by Crippen LogP contribution is -2.05. The largest absolute Gasteiger partial charge is 0.459 e. The molecule has 1 heterocycles. The molecule has 4 nitrogen and oxygen atoms in total. The van der Waals surface area contributed by atoms with Gasteiger partial charge in [-0.1, -0.05) is 12.7 Å². The Morgan fingerprint density at radius 1 is 1.69 bits per heavy atom. The normalized spacial score (nSPS) is 9.69. The fourth-order valence-electron chi connectivity index (χ4n) is 0.874. The fourth-order valence-corrected chi connectivity index (χ4v) is 0.874. The molecule has 1 rings (SSSR count). The van der Waals surface area contributed by atoms with E-state index in [1.807, 2.05) is 6.92 Å². The minimum absolute atomic E-state index is 0.370. The van der Waals surface area contributed by atoms with E-state index in [1.165, 1.54) is 0 Å². The van der Waals surface area contributed by atoms with Gasteiger partial charge in [0.05, 0.1) is 0 Å². The second kappa shape index (κ2) is 4.57. The molecule has 0 bridgehead atoms. The van der Waals surface area contributed by atoms with Crippen LogP contribution in [0.1, 0.15) is 11.3 Å². The van der Waals surface area contributed by atoms with Gasteiger partial charge in [-0.25, -0.2) is 9.97 Å². The molecule has 0 aliphatic rings. The van der Waals surface area contributed by atoms with Gasteiger partial charge in [0.25, 0.3) is 0 Å². The highest BCUT2D eigenvalue weighted by atomic mass is 16.5. The molecule has 1 aromatic rings. The summed E-state index contributed by atoms with van der Waals surface area (Å²) in [6, 6.07) is 0.370. The zero-order valence-electron chi connectivity index (χ0n) is 7.66. The third kappa shape index (κ3) is 2.52. The van der Waals surface area contributed by atoms with Gasteiger partial charge in [-0.2, -0.15) is 0 Å². The van der Waals surface area contributed by atoms with Crippen molar-refractivity contribution in [2.75, 3.05) is 6.61 Å². The molecule has 0 unspecified atom stereocenters. The van der Waals surface area contributed by atoms with Gasteiger partial charge in [-0.3, -0.25) is 0 Å². The molecule has 0 amide bonds. The standard InChI is InChI=1S/C9H13N3O/c1-3-4-13-9-11-6-8(5-10)7(2)12-9/h3,6H,1,4-5,10H2,2H3. The first kappa shape index (κ1) is 9.67. The summed E-state index contributed by atoms with van der Waals surface area (Å²) in [5.74, 6) is 0. The Balaban J connectivity index is 2.76. The summed E-state index contributed by atoms with van der Waals surface area (Å²) in [4.78, 5) is 8.11. The molecule has 1 aromatic heterocycles. The summed E-state index contributed by atoms with van der Waals surface area (Å²) in [6.45, 7) is 6.28. The van der Waals surface area contributed by atoms with Gasteiger partial charge < -0.3 is 10.5 Å². The van der Waals surface area contributed by atoms with E-state index < -0.39 is 0 Å². The lowest BCUT2D eigenvalue weighted by atomic mass is 10.2. The molecule has 0 fully saturated rings. The van der Waals surface area contributed by atoms with Crippen molar-refractivity contribution in [1.29, 1.82) is 0 Å². The molecule has 13 heavy (non-hydrogen) atoms. The van der Waals surface area contributed by atoms with Crippen LogP contribution in [0.15, 0.2) is 18.9 Å². The smallest absolute Gasteiger partial charge is 0.316 e. The summed E-state index contributed by atoms with van der Waals surface area (Å²) in [5.41, 5.74) is 7.26. The molecule has 0 saturated carbocycles. The van der Waals surface area contributed by atoms with Gasteiger partial charge in [0, 0.05) is 24.0 Å². The topological polar surface area (TPSA) is 61.0 Å². The Bertz CT molecular complexity index is 299. The van der Waals surface area contributed by atoms with E-state index in [-0.39, 0.29) is 0 Å². The number of aromatic nitrogens is 2. The average Bonchev–Trinajstić information content (AvgIpc) is 2.15. The zero-order chi connectivity index (χ0) is 9.68. The highest BCUT2D eigenvalue weighted by Crippen LogP contribution is 2.07. The lowest BCUT2D eigenvalue weighted by Gasteiger charge is -2.04. The van der Waals surface area contributed by atoms with Crippen LogP contribution in [0, 0.1) is 6.92 Å². The van der Waals surface area contributed by atoms with Crippen molar-refractivity contribution in [2.24, 2.45) is 5.73 Å². The number of hydrogen-bond acceptors (Lipinski definition) is 4. The minimum Gasteiger partial charge on any atom is -0.459 e. The molecule has 0 spiro atoms. The SMILES string of the molecule is C=CCOc1ncc(CN)c(C)n1. The quantitative estimate of drug-likeness (QED) is 0.695. The third-order valence-corrected chi connectivity index (χ3v) is 1.61. The Morgan fingerprint density at radius 2 is 2.46 bits per heavy atom. The number of rotatable bonds is 4. The van der Waals surface area contributed by atoms with Crippen LogP contribution >= 0.6 is 0 Å². The van der Waals surface area contributed by atoms with Crippen molar-refractivity contribution in [2.45, 2.75) is 13.5 Å². The molecule has 70 valence electrons. The van der Waals surface area contributed by atoms with Gasteiger partial charge in [-0.15, -0.1) is 0 Å². The molecule has 2 N–H and O–H groups in total. The molecular weight excluding hydrogens is 166 g/mol. The van der Waals surface area contributed by atoms with Crippen molar-refractivity contribution < 1.29 is 4.74 Å². The summed E-state index contributed by atoms with van der Waals surface area (Å²) in [6.07, 6.45) is 3.33. The van der Waals surface area contributed by atoms with Crippen LogP contribution in [0.3, 0.4) is 0 Å². The van der Waals surface area contributed by atoms with Crippen LogP contribution in [-0.4, -0.2) is 16.6 Å². The van der Waals surface area contributed by atoms with Gasteiger partial charge in [0.1, 0.15) is 6.61 Å². The monoisotopic (exact) mass is 179 g/mol. The fraction of sp³-hybridized carbons (Fsp3) is 0.333. The van der Waals surface area contributed by atoms with Crippen LogP contribution in [-0.2, 0) is 6.54 Å². The third-order valence-electron chi connectivity index (χ3n) is 1.61. The highest BCUT2D eigenvalue weighted by Gasteiger charge is 2.01. The van der Waals surface area contributed by atoms with Crippen molar-refractivity contribution in [3.63, 3.8) is 0 Å². The van der Waals surface area contributed by atoms with Crippen molar-refractivity contribution in [3.8, 4) is 6.01 Å². The van der Waals surface area contributed by atoms with Crippen molar-refractivity contribution in [1.82, 2.24) is 9.97 Å². The number of aryl methyl sites for hydroxylation is 1. The van der Waals surface area contributed by atoms with E-state index in [0.29, 0.717) is 19.2 Å². The van der Waals surface area contributed by atoms with Crippen LogP contribution in [0.5, 0.6) is 6.01 Å². The lowest BCUT2D eigenvalue weighted by molar-refractivity contribution is 0.332. The molecule has 0 atom stereocenters. The molecule has 0 aliphatic carbocycles. The summed E-state index contributed by atoms with van der Waals surface area (Å²) >= 11 is 0. The molecule has 0 radical (unpaired) electrons. The van der Waals surface area contributed by atoms with E-state index in [1.54, 1.807) is 12.3 Å². The van der Waals surface area contributed by atoms with Gasteiger partial charge in [-0.05, 0) is 6.92 Å².